The van der Waals surface area contributed by atoms with E-state index in [-0.39, 0.29) is 5.91 Å². The lowest BCUT2D eigenvalue weighted by atomic mass is 9.95. The second-order valence-corrected chi connectivity index (χ2v) is 9.90. The number of ether oxygens (including phenoxy) is 1. The molecule has 194 valence electrons. The zero-order chi connectivity index (χ0) is 25.7. The fourth-order valence-corrected chi connectivity index (χ4v) is 5.30. The molecule has 1 aromatic carbocycles. The fourth-order valence-electron chi connectivity index (χ4n) is 5.30. The largest absolute Gasteiger partial charge is 0.384 e. The van der Waals surface area contributed by atoms with Crippen LogP contribution in [0.2, 0.25) is 0 Å². The second kappa shape index (κ2) is 9.38. The number of carbonyl (C=O) groups is 1. The van der Waals surface area contributed by atoms with Gasteiger partial charge in [0, 0.05) is 52.0 Å². The molecule has 37 heavy (non-hydrogen) atoms. The van der Waals surface area contributed by atoms with Crippen molar-refractivity contribution in [2.24, 2.45) is 13.0 Å². The molecule has 0 spiro atoms. The SMILES string of the molecule is CCc1nc2ccccc2n1-c1nc(N2CCOCC2)c2nc(CC3CN(C(=O)[C@@H](C)O)C3)n(C)c2n1. The number of aliphatic hydroxyl groups is 1. The van der Waals surface area contributed by atoms with Gasteiger partial charge in [-0.05, 0) is 19.1 Å². The molecule has 1 amide bonds. The van der Waals surface area contributed by atoms with Gasteiger partial charge in [0.2, 0.25) is 5.95 Å². The lowest BCUT2D eigenvalue weighted by Crippen LogP contribution is -2.53. The molecule has 11 nitrogen and oxygen atoms in total. The van der Waals surface area contributed by atoms with Crippen molar-refractivity contribution in [3.05, 3.63) is 35.9 Å². The number of anilines is 1. The van der Waals surface area contributed by atoms with E-state index in [0.717, 1.165) is 65.6 Å². The van der Waals surface area contributed by atoms with Gasteiger partial charge in [0.25, 0.3) is 5.91 Å². The van der Waals surface area contributed by atoms with Crippen LogP contribution in [-0.2, 0) is 29.4 Å². The fraction of sp³-hybridized carbons (Fsp3) is 0.500. The van der Waals surface area contributed by atoms with Crippen LogP contribution < -0.4 is 4.90 Å². The molecule has 0 saturated carbocycles. The summed E-state index contributed by atoms with van der Waals surface area (Å²) in [6.07, 6.45) is 0.514. The highest BCUT2D eigenvalue weighted by molar-refractivity contribution is 5.86. The van der Waals surface area contributed by atoms with Crippen molar-refractivity contribution in [3.63, 3.8) is 0 Å². The molecule has 5 heterocycles. The summed E-state index contributed by atoms with van der Waals surface area (Å²) in [6.45, 7) is 7.61. The van der Waals surface area contributed by atoms with E-state index in [1.807, 2.05) is 29.8 Å². The summed E-state index contributed by atoms with van der Waals surface area (Å²) >= 11 is 0. The molecule has 4 aromatic rings. The first-order valence-electron chi connectivity index (χ1n) is 12.9. The molecule has 0 unspecified atom stereocenters. The highest BCUT2D eigenvalue weighted by atomic mass is 16.5. The van der Waals surface area contributed by atoms with Crippen LogP contribution in [0.1, 0.15) is 25.5 Å². The lowest BCUT2D eigenvalue weighted by molar-refractivity contribution is -0.145. The summed E-state index contributed by atoms with van der Waals surface area (Å²) < 4.78 is 9.71. The first-order chi connectivity index (χ1) is 17.9. The van der Waals surface area contributed by atoms with Gasteiger partial charge in [-0.25, -0.2) is 9.97 Å². The Morgan fingerprint density at radius 2 is 1.86 bits per heavy atom. The Labute approximate surface area is 214 Å². The van der Waals surface area contributed by atoms with Gasteiger partial charge >= 0.3 is 0 Å². The van der Waals surface area contributed by atoms with Crippen molar-refractivity contribution in [1.29, 1.82) is 0 Å². The molecule has 0 radical (unpaired) electrons. The van der Waals surface area contributed by atoms with E-state index in [4.69, 9.17) is 24.7 Å². The van der Waals surface area contributed by atoms with Crippen molar-refractivity contribution in [1.82, 2.24) is 34.0 Å². The summed E-state index contributed by atoms with van der Waals surface area (Å²) in [5, 5.41) is 9.59. The Bertz CT molecular complexity index is 1460. The van der Waals surface area contributed by atoms with Crippen LogP contribution in [0.4, 0.5) is 5.82 Å². The maximum absolute atomic E-state index is 12.1. The number of hydrogen-bond acceptors (Lipinski definition) is 8. The first kappa shape index (κ1) is 23.8. The number of morpholine rings is 1. The molecule has 3 aromatic heterocycles. The van der Waals surface area contributed by atoms with Crippen LogP contribution in [0, 0.1) is 5.92 Å². The van der Waals surface area contributed by atoms with Gasteiger partial charge in [-0.3, -0.25) is 9.36 Å². The maximum Gasteiger partial charge on any atom is 0.251 e. The van der Waals surface area contributed by atoms with Crippen molar-refractivity contribution in [2.45, 2.75) is 32.8 Å². The van der Waals surface area contributed by atoms with E-state index >= 15 is 0 Å². The zero-order valence-corrected chi connectivity index (χ0v) is 21.5. The van der Waals surface area contributed by atoms with Crippen molar-refractivity contribution >= 4 is 33.9 Å². The zero-order valence-electron chi connectivity index (χ0n) is 21.5. The number of aromatic nitrogens is 6. The molecule has 1 atom stereocenters. The highest BCUT2D eigenvalue weighted by Crippen LogP contribution is 2.30. The Kier molecular flexibility index (Phi) is 6.04. The lowest BCUT2D eigenvalue weighted by Gasteiger charge is -2.39. The average Bonchev–Trinajstić information content (AvgIpc) is 3.42. The number of aryl methyl sites for hydroxylation is 2. The number of fused-ring (bicyclic) bond motifs is 2. The van der Waals surface area contributed by atoms with Crippen LogP contribution in [0.15, 0.2) is 24.3 Å². The monoisotopic (exact) mass is 504 g/mol. The molecule has 2 saturated heterocycles. The minimum absolute atomic E-state index is 0.217. The number of nitrogens with zero attached hydrogens (tertiary/aromatic N) is 8. The number of hydrogen-bond donors (Lipinski definition) is 1. The third-order valence-corrected chi connectivity index (χ3v) is 7.34. The van der Waals surface area contributed by atoms with Gasteiger partial charge in [0.15, 0.2) is 17.0 Å². The van der Waals surface area contributed by atoms with Crippen LogP contribution in [0.5, 0.6) is 0 Å². The standard InChI is InChI=1S/C26H32N8O3/c1-4-20-27-18-7-5-6-8-19(18)34(20)26-29-23-22(24(30-26)32-9-11-37-12-10-32)28-21(31(23)3)13-17-14-33(15-17)25(36)16(2)35/h5-8,16-17,35H,4,9-15H2,1-3H3/t16-/m1/s1. The molecule has 0 aliphatic carbocycles. The van der Waals surface area contributed by atoms with Gasteiger partial charge in [0.05, 0.1) is 24.2 Å². The molecule has 2 aliphatic rings. The van der Waals surface area contributed by atoms with Crippen LogP contribution in [0.3, 0.4) is 0 Å². The van der Waals surface area contributed by atoms with Crippen molar-refractivity contribution in [3.8, 4) is 5.95 Å². The van der Waals surface area contributed by atoms with Crippen LogP contribution in [-0.4, -0.2) is 90.5 Å². The normalized spacial score (nSPS) is 17.5. The first-order valence-corrected chi connectivity index (χ1v) is 12.9. The van der Waals surface area contributed by atoms with Crippen molar-refractivity contribution in [2.75, 3.05) is 44.3 Å². The number of likely N-dealkylation sites (tertiary alicyclic amines) is 1. The number of carbonyl (C=O) groups excluding carboxylic acids is 1. The summed E-state index contributed by atoms with van der Waals surface area (Å²) in [5.41, 5.74) is 3.45. The molecule has 1 N–H and O–H groups in total. The van der Waals surface area contributed by atoms with Gasteiger partial charge < -0.3 is 24.2 Å². The van der Waals surface area contributed by atoms with Gasteiger partial charge in [0.1, 0.15) is 17.8 Å². The number of imidazole rings is 2. The predicted molar refractivity (Wildman–Crippen MR) is 139 cm³/mol. The van der Waals surface area contributed by atoms with Crippen LogP contribution >= 0.6 is 0 Å². The van der Waals surface area contributed by atoms with E-state index in [0.29, 0.717) is 38.2 Å². The predicted octanol–water partition coefficient (Wildman–Crippen LogP) is 1.48. The minimum atomic E-state index is -0.964. The molecule has 2 fully saturated rings. The summed E-state index contributed by atoms with van der Waals surface area (Å²) in [6, 6.07) is 8.06. The van der Waals surface area contributed by atoms with Crippen LogP contribution in [0.25, 0.3) is 28.1 Å². The quantitative estimate of drug-likeness (QED) is 0.420. The van der Waals surface area contributed by atoms with E-state index in [2.05, 4.69) is 22.5 Å². The Balaban J connectivity index is 1.42. The number of para-hydroxylation sites is 2. The Morgan fingerprint density at radius 3 is 2.59 bits per heavy atom. The van der Waals surface area contributed by atoms with E-state index in [1.54, 1.807) is 4.90 Å². The van der Waals surface area contributed by atoms with E-state index < -0.39 is 6.10 Å². The molecule has 2 aliphatic heterocycles. The highest BCUT2D eigenvalue weighted by Gasteiger charge is 2.34. The average molecular weight is 505 g/mol. The molecular weight excluding hydrogens is 472 g/mol. The topological polar surface area (TPSA) is 114 Å². The van der Waals surface area contributed by atoms with Gasteiger partial charge in [-0.15, -0.1) is 0 Å². The summed E-state index contributed by atoms with van der Waals surface area (Å²) in [4.78, 5) is 35.9. The number of rotatable bonds is 6. The molecule has 6 rings (SSSR count). The minimum Gasteiger partial charge on any atom is -0.384 e. The van der Waals surface area contributed by atoms with E-state index in [9.17, 15) is 9.90 Å². The Morgan fingerprint density at radius 1 is 1.11 bits per heavy atom. The number of benzene rings is 1. The third-order valence-electron chi connectivity index (χ3n) is 7.34. The second-order valence-electron chi connectivity index (χ2n) is 9.90. The summed E-state index contributed by atoms with van der Waals surface area (Å²) in [7, 11) is 1.99. The maximum atomic E-state index is 12.1. The third kappa shape index (κ3) is 4.11. The summed E-state index contributed by atoms with van der Waals surface area (Å²) in [5.74, 6) is 3.30. The number of amides is 1. The van der Waals surface area contributed by atoms with Crippen molar-refractivity contribution < 1.29 is 14.6 Å². The Hall–Kier alpha value is -3.57. The molecule has 11 heteroatoms. The van der Waals surface area contributed by atoms with E-state index in [1.165, 1.54) is 6.92 Å². The molecular formula is C26H32N8O3. The molecule has 0 bridgehead atoms. The number of aliphatic hydroxyl groups excluding tert-OH is 1. The van der Waals surface area contributed by atoms with Gasteiger partial charge in [-0.1, -0.05) is 19.1 Å². The smallest absolute Gasteiger partial charge is 0.251 e. The van der Waals surface area contributed by atoms with Gasteiger partial charge in [-0.2, -0.15) is 9.97 Å².